The summed E-state index contributed by atoms with van der Waals surface area (Å²) in [5.41, 5.74) is 1.12. The van der Waals surface area contributed by atoms with Crippen LogP contribution in [0, 0.1) is 0 Å². The SMILES string of the molecule is CCCCC[C@@H](c1c(Cl)cccc1Cl)N1CCNCC1. The van der Waals surface area contributed by atoms with Crippen LogP contribution < -0.4 is 5.32 Å². The predicted octanol–water partition coefficient (Wildman–Crippen LogP) is 4.52. The molecule has 1 aliphatic rings. The molecule has 1 atom stereocenters. The van der Waals surface area contributed by atoms with Gasteiger partial charge in [-0.25, -0.2) is 0 Å². The standard InChI is InChI=1S/C16H24Cl2N2/c1-2-3-4-8-15(20-11-9-19-10-12-20)16-13(17)6-5-7-14(16)18/h5-7,15,19H,2-4,8-12H2,1H3/t15-/m0/s1. The molecule has 0 radical (unpaired) electrons. The molecule has 4 heteroatoms. The molecular weight excluding hydrogens is 291 g/mol. The van der Waals surface area contributed by atoms with Crippen LogP contribution in [0.25, 0.3) is 0 Å². The lowest BCUT2D eigenvalue weighted by atomic mass is 9.98. The van der Waals surface area contributed by atoms with E-state index in [1.807, 2.05) is 18.2 Å². The van der Waals surface area contributed by atoms with Gasteiger partial charge in [0.25, 0.3) is 0 Å². The molecule has 0 bridgehead atoms. The van der Waals surface area contributed by atoms with Crippen molar-refractivity contribution in [3.8, 4) is 0 Å². The zero-order valence-corrected chi connectivity index (χ0v) is 13.7. The van der Waals surface area contributed by atoms with Gasteiger partial charge in [0.15, 0.2) is 0 Å². The molecule has 1 aliphatic heterocycles. The van der Waals surface area contributed by atoms with Gasteiger partial charge in [-0.15, -0.1) is 0 Å². The van der Waals surface area contributed by atoms with Gasteiger partial charge in [-0.3, -0.25) is 4.90 Å². The van der Waals surface area contributed by atoms with Crippen LogP contribution in [-0.2, 0) is 0 Å². The number of hydrogen-bond donors (Lipinski definition) is 1. The van der Waals surface area contributed by atoms with E-state index in [0.29, 0.717) is 6.04 Å². The first-order chi connectivity index (χ1) is 9.74. The van der Waals surface area contributed by atoms with Crippen LogP contribution >= 0.6 is 23.2 Å². The van der Waals surface area contributed by atoms with Crippen LogP contribution in [0.2, 0.25) is 10.0 Å². The number of rotatable bonds is 6. The van der Waals surface area contributed by atoms with E-state index in [2.05, 4.69) is 17.1 Å². The number of unbranched alkanes of at least 4 members (excludes halogenated alkanes) is 2. The van der Waals surface area contributed by atoms with Gasteiger partial charge in [-0.05, 0) is 18.6 Å². The highest BCUT2D eigenvalue weighted by atomic mass is 35.5. The molecule has 0 saturated carbocycles. The molecule has 1 heterocycles. The van der Waals surface area contributed by atoms with E-state index < -0.39 is 0 Å². The van der Waals surface area contributed by atoms with Crippen LogP contribution in [-0.4, -0.2) is 31.1 Å². The van der Waals surface area contributed by atoms with Gasteiger partial charge in [-0.2, -0.15) is 0 Å². The maximum absolute atomic E-state index is 6.43. The van der Waals surface area contributed by atoms with E-state index in [0.717, 1.165) is 48.2 Å². The monoisotopic (exact) mass is 314 g/mol. The first kappa shape index (κ1) is 16.1. The maximum atomic E-state index is 6.43. The third-order valence-corrected chi connectivity index (χ3v) is 4.67. The predicted molar refractivity (Wildman–Crippen MR) is 87.8 cm³/mol. The molecular formula is C16H24Cl2N2. The molecule has 1 fully saturated rings. The highest BCUT2D eigenvalue weighted by Crippen LogP contribution is 2.36. The lowest BCUT2D eigenvalue weighted by Crippen LogP contribution is -2.45. The summed E-state index contributed by atoms with van der Waals surface area (Å²) in [5.74, 6) is 0. The Morgan fingerprint density at radius 2 is 1.80 bits per heavy atom. The molecule has 2 rings (SSSR count). The van der Waals surface area contributed by atoms with Crippen molar-refractivity contribution in [2.75, 3.05) is 26.2 Å². The van der Waals surface area contributed by atoms with Gasteiger partial charge >= 0.3 is 0 Å². The van der Waals surface area contributed by atoms with Crippen LogP contribution in [0.5, 0.6) is 0 Å². The summed E-state index contributed by atoms with van der Waals surface area (Å²) < 4.78 is 0. The Labute approximate surface area is 132 Å². The topological polar surface area (TPSA) is 15.3 Å². The summed E-state index contributed by atoms with van der Waals surface area (Å²) in [5, 5.41) is 5.02. The van der Waals surface area contributed by atoms with Gasteiger partial charge in [0.1, 0.15) is 0 Å². The van der Waals surface area contributed by atoms with E-state index >= 15 is 0 Å². The van der Waals surface area contributed by atoms with E-state index in [1.54, 1.807) is 0 Å². The van der Waals surface area contributed by atoms with E-state index in [4.69, 9.17) is 23.2 Å². The Morgan fingerprint density at radius 1 is 1.15 bits per heavy atom. The zero-order valence-electron chi connectivity index (χ0n) is 12.2. The minimum Gasteiger partial charge on any atom is -0.314 e. The molecule has 112 valence electrons. The van der Waals surface area contributed by atoms with Crippen molar-refractivity contribution in [2.24, 2.45) is 0 Å². The number of hydrogen-bond acceptors (Lipinski definition) is 2. The van der Waals surface area contributed by atoms with Crippen LogP contribution in [0.15, 0.2) is 18.2 Å². The Kier molecular flexibility index (Phi) is 6.63. The van der Waals surface area contributed by atoms with Crippen LogP contribution in [0.1, 0.15) is 44.2 Å². The summed E-state index contributed by atoms with van der Waals surface area (Å²) in [7, 11) is 0. The van der Waals surface area contributed by atoms with Gasteiger partial charge in [0.2, 0.25) is 0 Å². The molecule has 1 N–H and O–H groups in total. The Balaban J connectivity index is 2.20. The van der Waals surface area contributed by atoms with Gasteiger partial charge < -0.3 is 5.32 Å². The second kappa shape index (κ2) is 8.23. The minimum atomic E-state index is 0.352. The average molecular weight is 315 g/mol. The lowest BCUT2D eigenvalue weighted by Gasteiger charge is -2.36. The molecule has 0 spiro atoms. The molecule has 20 heavy (non-hydrogen) atoms. The van der Waals surface area contributed by atoms with Crippen molar-refractivity contribution in [2.45, 2.75) is 38.6 Å². The third kappa shape index (κ3) is 4.11. The second-order valence-corrected chi connectivity index (χ2v) is 6.25. The molecule has 0 unspecified atom stereocenters. The molecule has 0 aromatic heterocycles. The summed E-state index contributed by atoms with van der Waals surface area (Å²) in [6, 6.07) is 6.19. The van der Waals surface area contributed by atoms with Crippen molar-refractivity contribution in [1.82, 2.24) is 10.2 Å². The number of piperazine rings is 1. The normalized spacial score (nSPS) is 18.1. The van der Waals surface area contributed by atoms with Crippen molar-refractivity contribution in [3.05, 3.63) is 33.8 Å². The Bertz CT molecular complexity index is 397. The smallest absolute Gasteiger partial charge is 0.0468 e. The Hall–Kier alpha value is -0.280. The molecule has 0 aliphatic carbocycles. The fraction of sp³-hybridized carbons (Fsp3) is 0.625. The zero-order chi connectivity index (χ0) is 14.4. The number of nitrogens with one attached hydrogen (secondary N) is 1. The largest absolute Gasteiger partial charge is 0.314 e. The van der Waals surface area contributed by atoms with Gasteiger partial charge in [-0.1, -0.05) is 55.5 Å². The summed E-state index contributed by atoms with van der Waals surface area (Å²) in [6.07, 6.45) is 4.87. The van der Waals surface area contributed by atoms with E-state index in [1.165, 1.54) is 19.3 Å². The quantitative estimate of drug-likeness (QED) is 0.777. The first-order valence-corrected chi connectivity index (χ1v) is 8.38. The summed E-state index contributed by atoms with van der Waals surface area (Å²) in [4.78, 5) is 2.53. The first-order valence-electron chi connectivity index (χ1n) is 7.62. The van der Waals surface area contributed by atoms with Crippen molar-refractivity contribution in [3.63, 3.8) is 0 Å². The van der Waals surface area contributed by atoms with Crippen molar-refractivity contribution < 1.29 is 0 Å². The highest BCUT2D eigenvalue weighted by Gasteiger charge is 2.25. The highest BCUT2D eigenvalue weighted by molar-refractivity contribution is 6.36. The summed E-state index contributed by atoms with van der Waals surface area (Å²) >= 11 is 12.9. The summed E-state index contributed by atoms with van der Waals surface area (Å²) in [6.45, 7) is 6.47. The lowest BCUT2D eigenvalue weighted by molar-refractivity contribution is 0.163. The van der Waals surface area contributed by atoms with Crippen LogP contribution in [0.4, 0.5) is 0 Å². The number of benzene rings is 1. The number of halogens is 2. The molecule has 1 aromatic carbocycles. The van der Waals surface area contributed by atoms with Crippen molar-refractivity contribution >= 4 is 23.2 Å². The Morgan fingerprint density at radius 3 is 2.40 bits per heavy atom. The van der Waals surface area contributed by atoms with E-state index in [9.17, 15) is 0 Å². The molecule has 0 amide bonds. The minimum absolute atomic E-state index is 0.352. The fourth-order valence-corrected chi connectivity index (χ4v) is 3.57. The average Bonchev–Trinajstić information content (AvgIpc) is 2.46. The van der Waals surface area contributed by atoms with E-state index in [-0.39, 0.29) is 0 Å². The molecule has 2 nitrogen and oxygen atoms in total. The second-order valence-electron chi connectivity index (χ2n) is 5.43. The third-order valence-electron chi connectivity index (χ3n) is 4.01. The number of nitrogens with zero attached hydrogens (tertiary/aromatic N) is 1. The van der Waals surface area contributed by atoms with Crippen LogP contribution in [0.3, 0.4) is 0 Å². The van der Waals surface area contributed by atoms with Crippen molar-refractivity contribution in [1.29, 1.82) is 0 Å². The van der Waals surface area contributed by atoms with Gasteiger partial charge in [0, 0.05) is 47.8 Å². The molecule has 1 saturated heterocycles. The van der Waals surface area contributed by atoms with Gasteiger partial charge in [0.05, 0.1) is 0 Å². The fourth-order valence-electron chi connectivity index (χ4n) is 2.92. The molecule has 1 aromatic rings. The maximum Gasteiger partial charge on any atom is 0.0468 e.